The normalized spacial score (nSPS) is 17.9. The Morgan fingerprint density at radius 3 is 2.55 bits per heavy atom. The van der Waals surface area contributed by atoms with Crippen molar-refractivity contribution in [2.24, 2.45) is 0 Å². The van der Waals surface area contributed by atoms with Crippen LogP contribution < -0.4 is 4.90 Å². The molecule has 0 radical (unpaired) electrons. The summed E-state index contributed by atoms with van der Waals surface area (Å²) in [6, 6.07) is 3.19. The van der Waals surface area contributed by atoms with E-state index in [4.69, 9.17) is 16.6 Å². The van der Waals surface area contributed by atoms with Crippen molar-refractivity contribution in [2.75, 3.05) is 11.4 Å². The lowest BCUT2D eigenvalue weighted by molar-refractivity contribution is -0.137. The van der Waals surface area contributed by atoms with Gasteiger partial charge >= 0.3 is 6.18 Å². The summed E-state index contributed by atoms with van der Waals surface area (Å²) in [7, 11) is 0. The van der Waals surface area contributed by atoms with Gasteiger partial charge in [0.2, 0.25) is 0 Å². The molecule has 178 valence electrons. The highest BCUT2D eigenvalue weighted by atomic mass is 35.5. The van der Waals surface area contributed by atoms with Crippen molar-refractivity contribution in [1.29, 1.82) is 0 Å². The maximum Gasteiger partial charge on any atom is 0.417 e. The number of benzene rings is 1. The number of rotatable bonds is 3. The lowest BCUT2D eigenvalue weighted by Crippen LogP contribution is -2.42. The largest absolute Gasteiger partial charge is 0.417 e. The van der Waals surface area contributed by atoms with Gasteiger partial charge in [-0.05, 0) is 44.9 Å². The van der Waals surface area contributed by atoms with Crippen LogP contribution in [0.5, 0.6) is 0 Å². The summed E-state index contributed by atoms with van der Waals surface area (Å²) in [5, 5.41) is 3.97. The molecular weight excluding hydrogens is 475 g/mol. The third-order valence-electron chi connectivity index (χ3n) is 5.80. The van der Waals surface area contributed by atoms with Gasteiger partial charge in [0.1, 0.15) is 11.5 Å². The standard InChI is InChI=1S/C21H19ClF3N5O.CH4.H2S/c1-10-9-29(13-5-6-15(16(22)7-13)21(23,24)25)20(31)18-14(8-26-30(10)18)17-11(2)27-19(28-17)12-3-4-12;;/h5-8,10,12H,3-4,9H2,1-2H3,(H,27,28);1H4;1H2/t10-;;/m0../s1. The quantitative estimate of drug-likeness (QED) is 0.473. The van der Waals surface area contributed by atoms with Crippen LogP contribution in [-0.4, -0.2) is 32.2 Å². The Kier molecular flexibility index (Phi) is 6.65. The Labute approximate surface area is 201 Å². The molecule has 1 aliphatic heterocycles. The molecule has 2 aromatic heterocycles. The highest BCUT2D eigenvalue weighted by Gasteiger charge is 2.37. The first kappa shape index (κ1) is 25.2. The summed E-state index contributed by atoms with van der Waals surface area (Å²) in [4.78, 5) is 22.9. The monoisotopic (exact) mass is 499 g/mol. The van der Waals surface area contributed by atoms with Crippen LogP contribution in [0.3, 0.4) is 0 Å². The first-order valence-electron chi connectivity index (χ1n) is 9.98. The van der Waals surface area contributed by atoms with Gasteiger partial charge in [-0.25, -0.2) is 4.98 Å². The number of halogens is 4. The lowest BCUT2D eigenvalue weighted by Gasteiger charge is -2.32. The van der Waals surface area contributed by atoms with Crippen molar-refractivity contribution in [3.63, 3.8) is 0 Å². The van der Waals surface area contributed by atoms with E-state index in [0.29, 0.717) is 28.6 Å². The van der Waals surface area contributed by atoms with Gasteiger partial charge in [0.25, 0.3) is 5.91 Å². The zero-order valence-electron chi connectivity index (χ0n) is 17.3. The fourth-order valence-electron chi connectivity index (χ4n) is 4.06. The number of H-pyrrole nitrogens is 1. The minimum atomic E-state index is -4.56. The second-order valence-electron chi connectivity index (χ2n) is 8.15. The number of carbonyl (C=O) groups excluding carboxylic acids is 1. The Hall–Kier alpha value is -2.46. The van der Waals surface area contributed by atoms with E-state index in [-0.39, 0.29) is 39.4 Å². The second kappa shape index (κ2) is 8.72. The number of hydrogen-bond acceptors (Lipinski definition) is 3. The molecule has 3 aromatic rings. The van der Waals surface area contributed by atoms with Gasteiger partial charge in [-0.3, -0.25) is 9.48 Å². The topological polar surface area (TPSA) is 66.8 Å². The molecule has 2 aliphatic rings. The third kappa shape index (κ3) is 4.26. The molecule has 1 saturated carbocycles. The van der Waals surface area contributed by atoms with Crippen LogP contribution in [0.2, 0.25) is 5.02 Å². The minimum Gasteiger partial charge on any atom is -0.345 e. The zero-order chi connectivity index (χ0) is 22.1. The fraction of sp³-hybridized carbons (Fsp3) is 0.409. The molecule has 0 bridgehead atoms. The number of hydrogen-bond donors (Lipinski definition) is 1. The van der Waals surface area contributed by atoms with E-state index in [1.54, 1.807) is 10.9 Å². The number of alkyl halides is 3. The first-order chi connectivity index (χ1) is 14.6. The highest BCUT2D eigenvalue weighted by molar-refractivity contribution is 7.59. The molecule has 1 aromatic carbocycles. The van der Waals surface area contributed by atoms with Crippen LogP contribution in [0.25, 0.3) is 11.3 Å². The third-order valence-corrected chi connectivity index (χ3v) is 6.11. The van der Waals surface area contributed by atoms with Gasteiger partial charge in [0.05, 0.1) is 34.1 Å². The number of amides is 1. The van der Waals surface area contributed by atoms with Gasteiger partial charge in [0, 0.05) is 23.8 Å². The summed E-state index contributed by atoms with van der Waals surface area (Å²) in [5.74, 6) is 0.992. The number of nitrogens with zero attached hydrogens (tertiary/aromatic N) is 4. The highest BCUT2D eigenvalue weighted by Crippen LogP contribution is 2.41. The predicted molar refractivity (Wildman–Crippen MR) is 126 cm³/mol. The maximum absolute atomic E-state index is 13.4. The van der Waals surface area contributed by atoms with Gasteiger partial charge < -0.3 is 9.88 Å². The van der Waals surface area contributed by atoms with Gasteiger partial charge in [-0.1, -0.05) is 19.0 Å². The summed E-state index contributed by atoms with van der Waals surface area (Å²) < 4.78 is 40.9. The molecule has 3 heterocycles. The molecule has 1 N–H and O–H groups in total. The summed E-state index contributed by atoms with van der Waals surface area (Å²) >= 11 is 5.89. The molecule has 1 aliphatic carbocycles. The second-order valence-corrected chi connectivity index (χ2v) is 8.56. The van der Waals surface area contributed by atoms with E-state index in [1.807, 2.05) is 13.8 Å². The van der Waals surface area contributed by atoms with Crippen molar-refractivity contribution in [2.45, 2.75) is 52.3 Å². The Morgan fingerprint density at radius 1 is 1.24 bits per heavy atom. The summed E-state index contributed by atoms with van der Waals surface area (Å²) in [6.07, 6.45) is -0.738. The molecule has 1 atom stereocenters. The molecule has 0 spiro atoms. The van der Waals surface area contributed by atoms with Gasteiger partial charge in [-0.15, -0.1) is 0 Å². The molecule has 1 amide bonds. The fourth-order valence-corrected chi connectivity index (χ4v) is 4.34. The molecule has 33 heavy (non-hydrogen) atoms. The number of anilines is 1. The predicted octanol–water partition coefficient (Wildman–Crippen LogP) is 6.10. The van der Waals surface area contributed by atoms with Crippen molar-refractivity contribution in [1.82, 2.24) is 19.7 Å². The van der Waals surface area contributed by atoms with Crippen molar-refractivity contribution < 1.29 is 18.0 Å². The summed E-state index contributed by atoms with van der Waals surface area (Å²) in [6.45, 7) is 4.07. The van der Waals surface area contributed by atoms with E-state index in [9.17, 15) is 18.0 Å². The SMILES string of the molecule is C.Cc1[nH]c(C2CC2)nc1-c1cnn2c1C(=O)N(c1ccc(C(F)(F)F)c(Cl)c1)C[C@@H]2C.S. The average Bonchev–Trinajstić information content (AvgIpc) is 3.33. The van der Waals surface area contributed by atoms with Crippen LogP contribution in [0.1, 0.15) is 66.7 Å². The van der Waals surface area contributed by atoms with Crippen LogP contribution >= 0.6 is 25.1 Å². The molecule has 5 rings (SSSR count). The van der Waals surface area contributed by atoms with Crippen molar-refractivity contribution >= 4 is 36.7 Å². The van der Waals surface area contributed by atoms with E-state index in [0.717, 1.165) is 30.4 Å². The number of aromatic nitrogens is 4. The van der Waals surface area contributed by atoms with E-state index in [1.165, 1.54) is 17.0 Å². The first-order valence-corrected chi connectivity index (χ1v) is 10.4. The smallest absolute Gasteiger partial charge is 0.345 e. The van der Waals surface area contributed by atoms with Crippen molar-refractivity contribution in [3.8, 4) is 11.3 Å². The van der Waals surface area contributed by atoms with Gasteiger partial charge in [0.15, 0.2) is 0 Å². The molecule has 11 heteroatoms. The number of nitrogens with one attached hydrogen (secondary N) is 1. The molecule has 1 fully saturated rings. The Bertz CT molecular complexity index is 1200. The van der Waals surface area contributed by atoms with Crippen molar-refractivity contribution in [3.05, 3.63) is 52.2 Å². The van der Waals surface area contributed by atoms with Crippen LogP contribution in [-0.2, 0) is 6.18 Å². The van der Waals surface area contributed by atoms with Crippen LogP contribution in [0.15, 0.2) is 24.4 Å². The number of carbonyl (C=O) groups is 1. The Balaban J connectivity index is 0.00000153. The average molecular weight is 500 g/mol. The molecule has 0 unspecified atom stereocenters. The molecular formula is C22H25ClF3N5OS. The zero-order valence-corrected chi connectivity index (χ0v) is 19.1. The van der Waals surface area contributed by atoms with E-state index in [2.05, 4.69) is 10.1 Å². The number of fused-ring (bicyclic) bond motifs is 1. The number of aromatic amines is 1. The maximum atomic E-state index is 13.4. The van der Waals surface area contributed by atoms with Crippen LogP contribution in [0.4, 0.5) is 18.9 Å². The lowest BCUT2D eigenvalue weighted by atomic mass is 10.1. The van der Waals surface area contributed by atoms with E-state index < -0.39 is 16.8 Å². The van der Waals surface area contributed by atoms with Gasteiger partial charge in [-0.2, -0.15) is 31.8 Å². The summed E-state index contributed by atoms with van der Waals surface area (Å²) in [5.41, 5.74) is 1.89. The minimum absolute atomic E-state index is 0. The number of aryl methyl sites for hydroxylation is 1. The molecule has 6 nitrogen and oxygen atoms in total. The Morgan fingerprint density at radius 2 is 1.94 bits per heavy atom. The number of imidazole rings is 1. The molecule has 0 saturated heterocycles. The van der Waals surface area contributed by atoms with E-state index >= 15 is 0 Å². The van der Waals surface area contributed by atoms with Crippen LogP contribution in [0, 0.1) is 6.92 Å².